The van der Waals surface area contributed by atoms with Gasteiger partial charge < -0.3 is 9.84 Å². The van der Waals surface area contributed by atoms with Crippen LogP contribution in [0.2, 0.25) is 0 Å². The van der Waals surface area contributed by atoms with Crippen molar-refractivity contribution in [3.8, 4) is 5.75 Å². The highest BCUT2D eigenvalue weighted by Crippen LogP contribution is 2.32. The summed E-state index contributed by atoms with van der Waals surface area (Å²) in [6, 6.07) is 2.08. The molecule has 0 aliphatic rings. The monoisotopic (exact) mass is 289 g/mol. The van der Waals surface area contributed by atoms with Crippen LogP contribution >= 0.6 is 15.9 Å². The lowest BCUT2D eigenvalue weighted by Crippen LogP contribution is -2.06. The lowest BCUT2D eigenvalue weighted by atomic mass is 10.2. The highest BCUT2D eigenvalue weighted by molar-refractivity contribution is 9.10. The van der Waals surface area contributed by atoms with Crippen LogP contribution in [0.3, 0.4) is 0 Å². The fourth-order valence-corrected chi connectivity index (χ4v) is 1.50. The Balaban J connectivity index is 3.26. The summed E-state index contributed by atoms with van der Waals surface area (Å²) in [4.78, 5) is 21.3. The van der Waals surface area contributed by atoms with Gasteiger partial charge in [0.05, 0.1) is 16.0 Å². The number of hydrogen-bond acceptors (Lipinski definition) is 5. The number of phenolic OH excluding ortho intramolecular Hbond substituents is 1. The van der Waals surface area contributed by atoms with Crippen LogP contribution in [0.5, 0.6) is 5.75 Å². The van der Waals surface area contributed by atoms with Gasteiger partial charge in [-0.05, 0) is 22.9 Å². The van der Waals surface area contributed by atoms with Crippen LogP contribution in [0.1, 0.15) is 17.3 Å². The summed E-state index contributed by atoms with van der Waals surface area (Å²) in [7, 11) is 0. The van der Waals surface area contributed by atoms with Gasteiger partial charge in [0.25, 0.3) is 5.69 Å². The molecule has 16 heavy (non-hydrogen) atoms. The van der Waals surface area contributed by atoms with E-state index in [0.29, 0.717) is 0 Å². The average molecular weight is 290 g/mol. The number of nitrogens with zero attached hydrogens (tertiary/aromatic N) is 1. The third-order valence-corrected chi connectivity index (χ3v) is 2.36. The minimum atomic E-state index is -0.801. The molecule has 0 aromatic heterocycles. The van der Waals surface area contributed by atoms with Gasteiger partial charge >= 0.3 is 5.97 Å². The Bertz CT molecular complexity index is 446. The minimum absolute atomic E-state index is 0.0738. The molecule has 0 amide bonds. The van der Waals surface area contributed by atoms with Gasteiger partial charge in [-0.1, -0.05) is 0 Å². The average Bonchev–Trinajstić information content (AvgIpc) is 2.21. The zero-order valence-electron chi connectivity index (χ0n) is 8.27. The Hall–Kier alpha value is -1.63. The minimum Gasteiger partial charge on any atom is -0.506 e. The summed E-state index contributed by atoms with van der Waals surface area (Å²) < 4.78 is 4.73. The number of carbonyl (C=O) groups is 1. The number of aromatic hydroxyl groups is 1. The maximum atomic E-state index is 11.4. The fourth-order valence-electron chi connectivity index (χ4n) is 1.05. The molecule has 1 rings (SSSR count). The second-order valence-corrected chi connectivity index (χ2v) is 3.66. The third kappa shape index (κ3) is 2.48. The molecule has 6 nitrogen and oxygen atoms in total. The Kier molecular flexibility index (Phi) is 3.83. The van der Waals surface area contributed by atoms with E-state index >= 15 is 0 Å². The zero-order valence-corrected chi connectivity index (χ0v) is 9.85. The Labute approximate surface area is 99.1 Å². The van der Waals surface area contributed by atoms with E-state index in [1.165, 1.54) is 0 Å². The van der Waals surface area contributed by atoms with Crippen LogP contribution in [0, 0.1) is 10.1 Å². The maximum absolute atomic E-state index is 11.4. The Morgan fingerprint density at radius 3 is 2.75 bits per heavy atom. The molecule has 0 saturated carbocycles. The van der Waals surface area contributed by atoms with Crippen molar-refractivity contribution in [3.63, 3.8) is 0 Å². The number of nitro groups is 1. The molecule has 0 fully saturated rings. The molecular weight excluding hydrogens is 282 g/mol. The second-order valence-electron chi connectivity index (χ2n) is 2.80. The van der Waals surface area contributed by atoms with E-state index in [1.807, 2.05) is 0 Å². The van der Waals surface area contributed by atoms with Crippen LogP contribution in [0.4, 0.5) is 5.69 Å². The van der Waals surface area contributed by atoms with Crippen molar-refractivity contribution in [2.24, 2.45) is 0 Å². The number of ether oxygens (including phenoxy) is 1. The van der Waals surface area contributed by atoms with Crippen molar-refractivity contribution >= 4 is 27.6 Å². The molecule has 0 saturated heterocycles. The molecule has 86 valence electrons. The van der Waals surface area contributed by atoms with Crippen molar-refractivity contribution in [3.05, 3.63) is 32.3 Å². The number of non-ortho nitro benzene ring substituents is 1. The first-order valence-corrected chi connectivity index (χ1v) is 5.10. The van der Waals surface area contributed by atoms with E-state index in [-0.39, 0.29) is 28.1 Å². The van der Waals surface area contributed by atoms with Crippen molar-refractivity contribution < 1.29 is 19.6 Å². The smallest absolute Gasteiger partial charge is 0.342 e. The van der Waals surface area contributed by atoms with E-state index in [2.05, 4.69) is 20.7 Å². The third-order valence-electron chi connectivity index (χ3n) is 1.75. The summed E-state index contributed by atoms with van der Waals surface area (Å²) in [5.41, 5.74) is -0.532. The molecule has 0 unspecified atom stereocenters. The summed E-state index contributed by atoms with van der Waals surface area (Å²) in [6.07, 6.45) is 0. The standard InChI is InChI=1S/C9H8BrNO5/c1-2-16-9(13)6-3-5(11(14)15)4-7(10)8(6)12/h3-4,12H,2H2,1H3. The summed E-state index contributed by atoms with van der Waals surface area (Å²) in [5, 5.41) is 20.1. The first kappa shape index (κ1) is 12.4. The van der Waals surface area contributed by atoms with Gasteiger partial charge in [-0.25, -0.2) is 4.79 Å². The van der Waals surface area contributed by atoms with Gasteiger partial charge in [0.1, 0.15) is 11.3 Å². The van der Waals surface area contributed by atoms with E-state index < -0.39 is 10.9 Å². The predicted molar refractivity (Wildman–Crippen MR) is 58.4 cm³/mol. The molecule has 0 bridgehead atoms. The molecule has 0 aliphatic carbocycles. The maximum Gasteiger partial charge on any atom is 0.342 e. The lowest BCUT2D eigenvalue weighted by Gasteiger charge is -2.05. The number of rotatable bonds is 3. The van der Waals surface area contributed by atoms with Gasteiger partial charge in [-0.3, -0.25) is 10.1 Å². The van der Waals surface area contributed by atoms with E-state index in [9.17, 15) is 20.0 Å². The van der Waals surface area contributed by atoms with Crippen molar-refractivity contribution in [2.75, 3.05) is 6.61 Å². The number of halogens is 1. The SMILES string of the molecule is CCOC(=O)c1cc([N+](=O)[O-])cc(Br)c1O. The molecule has 0 atom stereocenters. The summed E-state index contributed by atoms with van der Waals surface area (Å²) in [6.45, 7) is 1.72. The Morgan fingerprint density at radius 2 is 2.25 bits per heavy atom. The van der Waals surface area contributed by atoms with Gasteiger partial charge in [0, 0.05) is 12.1 Å². The summed E-state index contributed by atoms with van der Waals surface area (Å²) >= 11 is 2.92. The quantitative estimate of drug-likeness (QED) is 0.524. The number of esters is 1. The first-order chi connectivity index (χ1) is 7.47. The van der Waals surface area contributed by atoms with E-state index in [4.69, 9.17) is 0 Å². The molecular formula is C9H8BrNO5. The molecule has 0 radical (unpaired) electrons. The number of phenols is 1. The molecule has 0 aliphatic heterocycles. The van der Waals surface area contributed by atoms with Crippen LogP contribution in [0.25, 0.3) is 0 Å². The largest absolute Gasteiger partial charge is 0.506 e. The van der Waals surface area contributed by atoms with Gasteiger partial charge in [-0.15, -0.1) is 0 Å². The van der Waals surface area contributed by atoms with E-state index in [1.54, 1.807) is 6.92 Å². The molecule has 0 heterocycles. The highest BCUT2D eigenvalue weighted by Gasteiger charge is 2.20. The second kappa shape index (κ2) is 4.93. The number of benzene rings is 1. The predicted octanol–water partition coefficient (Wildman–Crippen LogP) is 2.24. The van der Waals surface area contributed by atoms with Crippen molar-refractivity contribution in [2.45, 2.75) is 6.92 Å². The normalized spacial score (nSPS) is 9.88. The van der Waals surface area contributed by atoms with Crippen molar-refractivity contribution in [1.82, 2.24) is 0 Å². The van der Waals surface area contributed by atoms with Crippen LogP contribution in [0.15, 0.2) is 16.6 Å². The number of nitro benzene ring substituents is 1. The lowest BCUT2D eigenvalue weighted by molar-refractivity contribution is -0.385. The molecule has 0 spiro atoms. The highest BCUT2D eigenvalue weighted by atomic mass is 79.9. The van der Waals surface area contributed by atoms with Gasteiger partial charge in [-0.2, -0.15) is 0 Å². The van der Waals surface area contributed by atoms with Gasteiger partial charge in [0.15, 0.2) is 0 Å². The molecule has 1 N–H and O–H groups in total. The van der Waals surface area contributed by atoms with Gasteiger partial charge in [0.2, 0.25) is 0 Å². The molecule has 7 heteroatoms. The zero-order chi connectivity index (χ0) is 12.3. The van der Waals surface area contributed by atoms with Crippen LogP contribution in [-0.4, -0.2) is 22.6 Å². The topological polar surface area (TPSA) is 89.7 Å². The number of carbonyl (C=O) groups excluding carboxylic acids is 1. The van der Waals surface area contributed by atoms with Crippen LogP contribution in [-0.2, 0) is 4.74 Å². The fraction of sp³-hybridized carbons (Fsp3) is 0.222. The molecule has 1 aromatic rings. The summed E-state index contributed by atoms with van der Waals surface area (Å²) in [5.74, 6) is -1.17. The van der Waals surface area contributed by atoms with E-state index in [0.717, 1.165) is 12.1 Å². The Morgan fingerprint density at radius 1 is 1.62 bits per heavy atom. The number of hydrogen-bond donors (Lipinski definition) is 1. The molecule has 1 aromatic carbocycles. The van der Waals surface area contributed by atoms with Crippen molar-refractivity contribution in [1.29, 1.82) is 0 Å². The van der Waals surface area contributed by atoms with Crippen LogP contribution < -0.4 is 0 Å². The first-order valence-electron chi connectivity index (χ1n) is 4.31.